The van der Waals surface area contributed by atoms with Crippen LogP contribution < -0.4 is 4.90 Å². The molecule has 0 radical (unpaired) electrons. The molecule has 1 aliphatic heterocycles. The van der Waals surface area contributed by atoms with Crippen molar-refractivity contribution in [2.75, 3.05) is 4.90 Å². The second kappa shape index (κ2) is 6.53. The first-order valence-electron chi connectivity index (χ1n) is 9.32. The molecule has 5 rings (SSSR count). The molecule has 1 atom stereocenters. The number of carbonyl (C=O) groups is 1. The van der Waals surface area contributed by atoms with E-state index in [1.807, 2.05) is 53.4 Å². The molecule has 5 nitrogen and oxygen atoms in total. The summed E-state index contributed by atoms with van der Waals surface area (Å²) in [6.45, 7) is 2.07. The van der Waals surface area contributed by atoms with E-state index in [-0.39, 0.29) is 11.9 Å². The van der Waals surface area contributed by atoms with Crippen molar-refractivity contribution in [1.82, 2.24) is 10.2 Å². The Bertz CT molecular complexity index is 1170. The van der Waals surface area contributed by atoms with Gasteiger partial charge in [-0.05, 0) is 43.2 Å². The van der Waals surface area contributed by atoms with Gasteiger partial charge in [-0.25, -0.2) is 0 Å². The number of para-hydroxylation sites is 2. The highest BCUT2D eigenvalue weighted by Gasteiger charge is 2.29. The number of hydrogen-bond donors (Lipinski definition) is 1. The number of nitrogens with zero attached hydrogens (tertiary/aromatic N) is 2. The lowest BCUT2D eigenvalue weighted by molar-refractivity contribution is -0.114. The number of hydrogen-bond acceptors (Lipinski definition) is 3. The first-order chi connectivity index (χ1) is 13.7. The maximum Gasteiger partial charge on any atom is 0.251 e. The number of benzene rings is 2. The molecule has 4 aromatic rings. The number of anilines is 1. The third kappa shape index (κ3) is 2.72. The van der Waals surface area contributed by atoms with Crippen molar-refractivity contribution in [2.24, 2.45) is 0 Å². The number of amides is 1. The van der Waals surface area contributed by atoms with Crippen LogP contribution >= 0.6 is 0 Å². The minimum Gasteiger partial charge on any atom is -0.454 e. The van der Waals surface area contributed by atoms with Gasteiger partial charge in [0.25, 0.3) is 5.91 Å². The highest BCUT2D eigenvalue weighted by molar-refractivity contribution is 6.06. The normalized spacial score (nSPS) is 16.2. The van der Waals surface area contributed by atoms with Crippen molar-refractivity contribution in [2.45, 2.75) is 19.4 Å². The van der Waals surface area contributed by atoms with E-state index >= 15 is 0 Å². The smallest absolute Gasteiger partial charge is 0.251 e. The lowest BCUT2D eigenvalue weighted by atomic mass is 10.1. The Balaban J connectivity index is 1.44. The summed E-state index contributed by atoms with van der Waals surface area (Å²) in [5.41, 5.74) is 4.60. The van der Waals surface area contributed by atoms with Crippen molar-refractivity contribution in [3.05, 3.63) is 78.0 Å². The van der Waals surface area contributed by atoms with Gasteiger partial charge in [-0.15, -0.1) is 0 Å². The maximum atomic E-state index is 12.9. The van der Waals surface area contributed by atoms with Crippen LogP contribution in [0.4, 0.5) is 5.69 Å². The summed E-state index contributed by atoms with van der Waals surface area (Å²) in [6, 6.07) is 18.0. The first-order valence-corrected chi connectivity index (χ1v) is 9.32. The van der Waals surface area contributed by atoms with E-state index in [0.717, 1.165) is 34.3 Å². The molecule has 1 N–H and O–H groups in total. The van der Waals surface area contributed by atoms with Gasteiger partial charge < -0.3 is 9.32 Å². The Morgan fingerprint density at radius 1 is 1.21 bits per heavy atom. The quantitative estimate of drug-likeness (QED) is 0.527. The molecule has 3 heterocycles. The third-order valence-electron chi connectivity index (χ3n) is 5.19. The molecule has 0 saturated carbocycles. The molecule has 138 valence electrons. The number of nitrogens with one attached hydrogen (secondary N) is 1. The monoisotopic (exact) mass is 369 g/mol. The first kappa shape index (κ1) is 16.6. The second-order valence-corrected chi connectivity index (χ2v) is 7.07. The number of furan rings is 1. The molecular formula is C23H19N3O2. The van der Waals surface area contributed by atoms with Crippen LogP contribution in [0.25, 0.3) is 28.5 Å². The molecule has 1 aliphatic rings. The number of carbonyl (C=O) groups excluding carboxylic acids is 1. The number of H-pyrrole nitrogens is 1. The zero-order chi connectivity index (χ0) is 19.1. The molecular weight excluding hydrogens is 350 g/mol. The van der Waals surface area contributed by atoms with Gasteiger partial charge in [0.05, 0.1) is 6.20 Å². The average Bonchev–Trinajstić information content (AvgIpc) is 3.41. The highest BCUT2D eigenvalue weighted by atomic mass is 16.3. The van der Waals surface area contributed by atoms with Crippen molar-refractivity contribution < 1.29 is 9.21 Å². The van der Waals surface area contributed by atoms with Gasteiger partial charge in [-0.1, -0.05) is 36.4 Å². The molecule has 2 aromatic heterocycles. The molecule has 0 bridgehead atoms. The Labute approximate surface area is 162 Å². The Hall–Kier alpha value is -3.60. The van der Waals surface area contributed by atoms with Crippen LogP contribution in [-0.4, -0.2) is 22.1 Å². The van der Waals surface area contributed by atoms with Crippen LogP contribution in [0.1, 0.15) is 18.1 Å². The summed E-state index contributed by atoms with van der Waals surface area (Å²) >= 11 is 0. The lowest BCUT2D eigenvalue weighted by Gasteiger charge is -2.20. The van der Waals surface area contributed by atoms with E-state index < -0.39 is 0 Å². The number of rotatable bonds is 3. The van der Waals surface area contributed by atoms with Gasteiger partial charge in [-0.2, -0.15) is 5.10 Å². The van der Waals surface area contributed by atoms with Crippen LogP contribution in [0.15, 0.2) is 71.3 Å². The Kier molecular flexibility index (Phi) is 3.86. The lowest BCUT2D eigenvalue weighted by Crippen LogP contribution is -2.34. The van der Waals surface area contributed by atoms with Crippen molar-refractivity contribution in [1.29, 1.82) is 0 Å². The van der Waals surface area contributed by atoms with E-state index in [4.69, 9.17) is 4.42 Å². The molecule has 0 aliphatic carbocycles. The van der Waals surface area contributed by atoms with Crippen molar-refractivity contribution in [3.8, 4) is 11.5 Å². The molecule has 0 spiro atoms. The van der Waals surface area contributed by atoms with Crippen molar-refractivity contribution >= 4 is 28.6 Å². The second-order valence-electron chi connectivity index (χ2n) is 7.07. The molecule has 5 heteroatoms. The van der Waals surface area contributed by atoms with Crippen LogP contribution in [0.2, 0.25) is 0 Å². The molecule has 1 amide bonds. The van der Waals surface area contributed by atoms with E-state index in [1.165, 1.54) is 5.56 Å². The Morgan fingerprint density at radius 3 is 2.93 bits per heavy atom. The predicted octanol–water partition coefficient (Wildman–Crippen LogP) is 4.81. The Morgan fingerprint density at radius 2 is 2.04 bits per heavy atom. The molecule has 0 unspecified atom stereocenters. The molecule has 0 fully saturated rings. The summed E-state index contributed by atoms with van der Waals surface area (Å²) in [5.74, 6) is 0.667. The summed E-state index contributed by atoms with van der Waals surface area (Å²) in [7, 11) is 0. The largest absolute Gasteiger partial charge is 0.454 e. The zero-order valence-corrected chi connectivity index (χ0v) is 15.4. The summed E-state index contributed by atoms with van der Waals surface area (Å²) in [5, 5.41) is 8.14. The topological polar surface area (TPSA) is 62.1 Å². The summed E-state index contributed by atoms with van der Waals surface area (Å²) < 4.78 is 5.92. The van der Waals surface area contributed by atoms with Gasteiger partial charge in [-0.3, -0.25) is 9.89 Å². The van der Waals surface area contributed by atoms with Crippen LogP contribution in [0.3, 0.4) is 0 Å². The van der Waals surface area contributed by atoms with Crippen molar-refractivity contribution in [3.63, 3.8) is 0 Å². The molecule has 2 aromatic carbocycles. The van der Waals surface area contributed by atoms with E-state index in [1.54, 1.807) is 18.3 Å². The van der Waals surface area contributed by atoms with Gasteiger partial charge in [0.15, 0.2) is 5.76 Å². The molecule has 28 heavy (non-hydrogen) atoms. The number of fused-ring (bicyclic) bond motifs is 2. The summed E-state index contributed by atoms with van der Waals surface area (Å²) in [6.07, 6.45) is 5.98. The van der Waals surface area contributed by atoms with Gasteiger partial charge in [0, 0.05) is 28.8 Å². The fourth-order valence-electron chi connectivity index (χ4n) is 3.87. The SMILES string of the molecule is C[C@H]1Cc2ccccc2N1C(=O)/C=C/c1cn[nH]c1-c1cc2ccccc2o1. The van der Waals surface area contributed by atoms with Crippen LogP contribution in [0.5, 0.6) is 0 Å². The molecule has 0 saturated heterocycles. The van der Waals surface area contributed by atoms with Crippen LogP contribution in [-0.2, 0) is 11.2 Å². The predicted molar refractivity (Wildman–Crippen MR) is 110 cm³/mol. The zero-order valence-electron chi connectivity index (χ0n) is 15.4. The highest BCUT2D eigenvalue weighted by Crippen LogP contribution is 2.32. The minimum absolute atomic E-state index is 0.0331. The average molecular weight is 369 g/mol. The minimum atomic E-state index is -0.0331. The summed E-state index contributed by atoms with van der Waals surface area (Å²) in [4.78, 5) is 14.7. The third-order valence-corrected chi connectivity index (χ3v) is 5.19. The van der Waals surface area contributed by atoms with Gasteiger partial charge in [0.2, 0.25) is 0 Å². The number of aromatic amines is 1. The maximum absolute atomic E-state index is 12.9. The fourth-order valence-corrected chi connectivity index (χ4v) is 3.87. The van der Waals surface area contributed by atoms with Gasteiger partial charge in [0.1, 0.15) is 11.3 Å². The number of aromatic nitrogens is 2. The fraction of sp³-hybridized carbons (Fsp3) is 0.130. The standard InChI is InChI=1S/C23H19N3O2/c1-15-12-16-6-2-4-8-19(16)26(15)22(27)11-10-18-14-24-25-23(18)21-13-17-7-3-5-9-20(17)28-21/h2-11,13-15H,12H2,1H3,(H,24,25)/b11-10+/t15-/m0/s1. The van der Waals surface area contributed by atoms with Crippen LogP contribution in [0, 0.1) is 0 Å². The van der Waals surface area contributed by atoms with Gasteiger partial charge >= 0.3 is 0 Å². The van der Waals surface area contributed by atoms with E-state index in [0.29, 0.717) is 5.76 Å². The van der Waals surface area contributed by atoms with E-state index in [9.17, 15) is 4.79 Å². The van der Waals surface area contributed by atoms with E-state index in [2.05, 4.69) is 23.2 Å².